The van der Waals surface area contributed by atoms with Crippen LogP contribution in [-0.2, 0) is 9.59 Å². The Morgan fingerprint density at radius 1 is 0.960 bits per heavy atom. The molecule has 132 valence electrons. The Balaban J connectivity index is 1.56. The number of hydrogen-bond donors (Lipinski definition) is 0. The highest BCUT2D eigenvalue weighted by Gasteiger charge is 2.25. The van der Waals surface area contributed by atoms with Gasteiger partial charge in [0.05, 0.1) is 0 Å². The first-order chi connectivity index (χ1) is 12.1. The maximum Gasteiger partial charge on any atom is 0.260 e. The van der Waals surface area contributed by atoms with E-state index in [-0.39, 0.29) is 24.3 Å². The largest absolute Gasteiger partial charge is 0.483 e. The molecule has 25 heavy (non-hydrogen) atoms. The molecule has 0 unspecified atom stereocenters. The number of carbonyl (C=O) groups is 2. The fourth-order valence-corrected chi connectivity index (χ4v) is 3.09. The molecule has 1 aliphatic heterocycles. The van der Waals surface area contributed by atoms with Crippen LogP contribution in [0.25, 0.3) is 10.8 Å². The molecule has 1 aliphatic rings. The average Bonchev–Trinajstić information content (AvgIpc) is 2.65. The van der Waals surface area contributed by atoms with Crippen LogP contribution in [0, 0.1) is 5.92 Å². The molecule has 0 aliphatic carbocycles. The standard InChI is InChI=1S/C20H24N2O3/c1-15(2)20(24)22-12-10-21(11-13-22)19(23)14-25-18-9-5-7-16-6-3-4-8-17(16)18/h3-9,15H,10-14H2,1-2H3. The van der Waals surface area contributed by atoms with E-state index in [0.29, 0.717) is 26.2 Å². The second-order valence-electron chi connectivity index (χ2n) is 6.63. The Bertz CT molecular complexity index is 759. The van der Waals surface area contributed by atoms with Gasteiger partial charge in [-0.15, -0.1) is 0 Å². The van der Waals surface area contributed by atoms with Gasteiger partial charge in [-0.2, -0.15) is 0 Å². The van der Waals surface area contributed by atoms with Crippen molar-refractivity contribution in [1.82, 2.24) is 9.80 Å². The molecule has 2 aromatic rings. The van der Waals surface area contributed by atoms with Crippen LogP contribution < -0.4 is 4.74 Å². The van der Waals surface area contributed by atoms with Crippen molar-refractivity contribution in [3.63, 3.8) is 0 Å². The van der Waals surface area contributed by atoms with E-state index in [0.717, 1.165) is 16.5 Å². The van der Waals surface area contributed by atoms with E-state index in [9.17, 15) is 9.59 Å². The van der Waals surface area contributed by atoms with Gasteiger partial charge in [-0.25, -0.2) is 0 Å². The Morgan fingerprint density at radius 3 is 2.32 bits per heavy atom. The molecule has 0 saturated carbocycles. The van der Waals surface area contributed by atoms with Gasteiger partial charge >= 0.3 is 0 Å². The zero-order chi connectivity index (χ0) is 17.8. The van der Waals surface area contributed by atoms with Gasteiger partial charge in [-0.05, 0) is 11.5 Å². The summed E-state index contributed by atoms with van der Waals surface area (Å²) in [5, 5.41) is 2.10. The van der Waals surface area contributed by atoms with Gasteiger partial charge < -0.3 is 14.5 Å². The van der Waals surface area contributed by atoms with Gasteiger partial charge in [0.15, 0.2) is 6.61 Å². The van der Waals surface area contributed by atoms with E-state index in [4.69, 9.17) is 4.74 Å². The highest BCUT2D eigenvalue weighted by Crippen LogP contribution is 2.25. The molecule has 1 fully saturated rings. The SMILES string of the molecule is CC(C)C(=O)N1CCN(C(=O)COc2cccc3ccccc23)CC1. The van der Waals surface area contributed by atoms with Gasteiger partial charge in [0.25, 0.3) is 5.91 Å². The first kappa shape index (κ1) is 17.3. The highest BCUT2D eigenvalue weighted by molar-refractivity contribution is 5.88. The Morgan fingerprint density at radius 2 is 1.60 bits per heavy atom. The summed E-state index contributed by atoms with van der Waals surface area (Å²) in [4.78, 5) is 28.0. The first-order valence-corrected chi connectivity index (χ1v) is 8.73. The van der Waals surface area contributed by atoms with Gasteiger partial charge in [0.2, 0.25) is 5.91 Å². The van der Waals surface area contributed by atoms with Crippen LogP contribution in [0.4, 0.5) is 0 Å². The quantitative estimate of drug-likeness (QED) is 0.859. The number of fused-ring (bicyclic) bond motifs is 1. The van der Waals surface area contributed by atoms with Crippen molar-refractivity contribution in [1.29, 1.82) is 0 Å². The van der Waals surface area contributed by atoms with Gasteiger partial charge in [0, 0.05) is 37.5 Å². The summed E-state index contributed by atoms with van der Waals surface area (Å²) >= 11 is 0. The van der Waals surface area contributed by atoms with Crippen molar-refractivity contribution in [2.45, 2.75) is 13.8 Å². The fourth-order valence-electron chi connectivity index (χ4n) is 3.09. The smallest absolute Gasteiger partial charge is 0.260 e. The van der Waals surface area contributed by atoms with Gasteiger partial charge in [-0.3, -0.25) is 9.59 Å². The van der Waals surface area contributed by atoms with Crippen molar-refractivity contribution in [3.8, 4) is 5.75 Å². The minimum atomic E-state index is -0.0374. The van der Waals surface area contributed by atoms with E-state index in [1.54, 1.807) is 4.90 Å². The first-order valence-electron chi connectivity index (χ1n) is 8.73. The number of rotatable bonds is 4. The molecule has 0 aromatic heterocycles. The Kier molecular flexibility index (Phi) is 5.22. The lowest BCUT2D eigenvalue weighted by molar-refractivity contribution is -0.142. The normalized spacial score (nSPS) is 14.8. The van der Waals surface area contributed by atoms with Crippen LogP contribution in [0.5, 0.6) is 5.75 Å². The number of piperazine rings is 1. The minimum absolute atomic E-state index is 0.00283. The van der Waals surface area contributed by atoms with Crippen LogP contribution >= 0.6 is 0 Å². The topological polar surface area (TPSA) is 49.9 Å². The third kappa shape index (κ3) is 3.92. The summed E-state index contributed by atoms with van der Waals surface area (Å²) < 4.78 is 5.78. The predicted molar refractivity (Wildman–Crippen MR) is 97.4 cm³/mol. The summed E-state index contributed by atoms with van der Waals surface area (Å²) in [7, 11) is 0. The van der Waals surface area contributed by atoms with E-state index < -0.39 is 0 Å². The molecule has 0 bridgehead atoms. The average molecular weight is 340 g/mol. The molecule has 1 heterocycles. The minimum Gasteiger partial charge on any atom is -0.483 e. The lowest BCUT2D eigenvalue weighted by Crippen LogP contribution is -2.52. The molecular formula is C20H24N2O3. The monoisotopic (exact) mass is 340 g/mol. The molecule has 0 N–H and O–H groups in total. The van der Waals surface area contributed by atoms with E-state index >= 15 is 0 Å². The zero-order valence-corrected chi connectivity index (χ0v) is 14.8. The summed E-state index contributed by atoms with van der Waals surface area (Å²) in [5.41, 5.74) is 0. The zero-order valence-electron chi connectivity index (χ0n) is 14.8. The number of ether oxygens (including phenoxy) is 1. The lowest BCUT2D eigenvalue weighted by atomic mass is 10.1. The van der Waals surface area contributed by atoms with E-state index in [1.165, 1.54) is 0 Å². The number of amides is 2. The number of hydrogen-bond acceptors (Lipinski definition) is 3. The maximum atomic E-state index is 12.4. The molecule has 5 heteroatoms. The summed E-state index contributed by atoms with van der Waals surface area (Å²) in [6.45, 7) is 6.14. The number of nitrogens with zero attached hydrogens (tertiary/aromatic N) is 2. The molecule has 3 rings (SSSR count). The predicted octanol–water partition coefficient (Wildman–Crippen LogP) is 2.55. The Labute approximate surface area is 148 Å². The highest BCUT2D eigenvalue weighted by atomic mass is 16.5. The van der Waals surface area contributed by atoms with Crippen LogP contribution in [0.1, 0.15) is 13.8 Å². The third-order valence-electron chi connectivity index (χ3n) is 4.54. The molecule has 0 atom stereocenters. The van der Waals surface area contributed by atoms with Crippen LogP contribution in [-0.4, -0.2) is 54.4 Å². The molecule has 0 radical (unpaired) electrons. The summed E-state index contributed by atoms with van der Waals surface area (Å²) in [5.74, 6) is 0.834. The van der Waals surface area contributed by atoms with E-state index in [1.807, 2.05) is 61.2 Å². The van der Waals surface area contributed by atoms with Crippen molar-refractivity contribution in [3.05, 3.63) is 42.5 Å². The molecule has 1 saturated heterocycles. The third-order valence-corrected chi connectivity index (χ3v) is 4.54. The molecule has 5 nitrogen and oxygen atoms in total. The fraction of sp³-hybridized carbons (Fsp3) is 0.400. The van der Waals surface area contributed by atoms with Gasteiger partial charge in [-0.1, -0.05) is 50.2 Å². The molecule has 2 aromatic carbocycles. The molecule has 0 spiro atoms. The van der Waals surface area contributed by atoms with Crippen LogP contribution in [0.2, 0.25) is 0 Å². The lowest BCUT2D eigenvalue weighted by Gasteiger charge is -2.35. The summed E-state index contributed by atoms with van der Waals surface area (Å²) in [6.07, 6.45) is 0. The van der Waals surface area contributed by atoms with Crippen molar-refractivity contribution in [2.24, 2.45) is 5.92 Å². The van der Waals surface area contributed by atoms with E-state index in [2.05, 4.69) is 0 Å². The number of benzene rings is 2. The summed E-state index contributed by atoms with van der Waals surface area (Å²) in [6, 6.07) is 13.8. The number of carbonyl (C=O) groups excluding carboxylic acids is 2. The van der Waals surface area contributed by atoms with Crippen molar-refractivity contribution >= 4 is 22.6 Å². The van der Waals surface area contributed by atoms with Crippen LogP contribution in [0.15, 0.2) is 42.5 Å². The van der Waals surface area contributed by atoms with Crippen molar-refractivity contribution in [2.75, 3.05) is 32.8 Å². The van der Waals surface area contributed by atoms with Crippen molar-refractivity contribution < 1.29 is 14.3 Å². The molecule has 2 amide bonds. The Hall–Kier alpha value is -2.56. The van der Waals surface area contributed by atoms with Gasteiger partial charge in [0.1, 0.15) is 5.75 Å². The van der Waals surface area contributed by atoms with Crippen LogP contribution in [0.3, 0.4) is 0 Å². The second kappa shape index (κ2) is 7.55. The molecular weight excluding hydrogens is 316 g/mol. The second-order valence-corrected chi connectivity index (χ2v) is 6.63. The maximum absolute atomic E-state index is 12.4.